The maximum absolute atomic E-state index is 11.0. The number of benzene rings is 2. The molecule has 0 aliphatic carbocycles. The van der Waals surface area contributed by atoms with E-state index in [-0.39, 0.29) is 5.56 Å². The second-order valence-corrected chi connectivity index (χ2v) is 4.82. The number of carboxylic acid groups (broad SMARTS) is 1. The van der Waals surface area contributed by atoms with Crippen molar-refractivity contribution in [2.45, 2.75) is 6.61 Å². The molecule has 0 aliphatic heterocycles. The first-order valence-corrected chi connectivity index (χ1v) is 6.78. The van der Waals surface area contributed by atoms with Crippen LogP contribution in [-0.2, 0) is 6.61 Å². The summed E-state index contributed by atoms with van der Waals surface area (Å²) in [6.45, 7) is 0.368. The Morgan fingerprint density at radius 2 is 1.95 bits per heavy atom. The molecule has 1 aromatic heterocycles. The van der Waals surface area contributed by atoms with E-state index in [1.807, 2.05) is 30.5 Å². The van der Waals surface area contributed by atoms with Gasteiger partial charge < -0.3 is 19.6 Å². The van der Waals surface area contributed by atoms with E-state index in [1.54, 1.807) is 25.3 Å². The molecule has 0 saturated carbocycles. The lowest BCUT2D eigenvalue weighted by Gasteiger charge is -2.09. The van der Waals surface area contributed by atoms with Crippen molar-refractivity contribution >= 4 is 16.9 Å². The van der Waals surface area contributed by atoms with Crippen LogP contribution >= 0.6 is 0 Å². The van der Waals surface area contributed by atoms with E-state index in [9.17, 15) is 4.79 Å². The smallest absolute Gasteiger partial charge is 0.335 e. The maximum atomic E-state index is 11.0. The second-order valence-electron chi connectivity index (χ2n) is 4.82. The van der Waals surface area contributed by atoms with E-state index in [0.29, 0.717) is 18.1 Å². The van der Waals surface area contributed by atoms with E-state index in [1.165, 1.54) is 0 Å². The number of aromatic nitrogens is 1. The van der Waals surface area contributed by atoms with Crippen LogP contribution in [0.5, 0.6) is 11.5 Å². The van der Waals surface area contributed by atoms with Gasteiger partial charge in [0.2, 0.25) is 0 Å². The third-order valence-corrected chi connectivity index (χ3v) is 3.47. The van der Waals surface area contributed by atoms with Gasteiger partial charge in [-0.1, -0.05) is 18.2 Å². The largest absolute Gasteiger partial charge is 0.493 e. The average Bonchev–Trinajstić information content (AvgIpc) is 2.95. The van der Waals surface area contributed by atoms with Crippen LogP contribution in [0.15, 0.2) is 48.7 Å². The molecule has 3 aromatic rings. The SMILES string of the molecule is COc1ccccc1OCc1c[nH]c2cc(C(=O)O)ccc12. The summed E-state index contributed by atoms with van der Waals surface area (Å²) in [6.07, 6.45) is 1.83. The number of hydrogen-bond donors (Lipinski definition) is 2. The Labute approximate surface area is 127 Å². The molecule has 1 heterocycles. The summed E-state index contributed by atoms with van der Waals surface area (Å²) in [4.78, 5) is 14.1. The van der Waals surface area contributed by atoms with Crippen LogP contribution in [0.25, 0.3) is 10.9 Å². The Balaban J connectivity index is 1.84. The summed E-state index contributed by atoms with van der Waals surface area (Å²) in [5.41, 5.74) is 1.99. The number of para-hydroxylation sites is 2. The van der Waals surface area contributed by atoms with E-state index < -0.39 is 5.97 Å². The molecule has 0 bridgehead atoms. The quantitative estimate of drug-likeness (QED) is 0.756. The standard InChI is InChI=1S/C17H15NO4/c1-21-15-4-2-3-5-16(15)22-10-12-9-18-14-8-11(17(19)20)6-7-13(12)14/h2-9,18H,10H2,1H3,(H,19,20). The van der Waals surface area contributed by atoms with Crippen LogP contribution in [-0.4, -0.2) is 23.2 Å². The lowest BCUT2D eigenvalue weighted by Crippen LogP contribution is -1.97. The Morgan fingerprint density at radius 3 is 2.68 bits per heavy atom. The number of methoxy groups -OCH3 is 1. The Hall–Kier alpha value is -2.95. The van der Waals surface area contributed by atoms with Gasteiger partial charge in [0.25, 0.3) is 0 Å². The van der Waals surface area contributed by atoms with Crippen molar-refractivity contribution in [1.82, 2.24) is 4.98 Å². The molecule has 2 N–H and O–H groups in total. The molecule has 0 unspecified atom stereocenters. The number of fused-ring (bicyclic) bond motifs is 1. The highest BCUT2D eigenvalue weighted by Crippen LogP contribution is 2.28. The predicted octanol–water partition coefficient (Wildman–Crippen LogP) is 3.45. The highest BCUT2D eigenvalue weighted by molar-refractivity contribution is 5.94. The van der Waals surface area contributed by atoms with Crippen molar-refractivity contribution < 1.29 is 19.4 Å². The van der Waals surface area contributed by atoms with Gasteiger partial charge in [0.15, 0.2) is 11.5 Å². The van der Waals surface area contributed by atoms with Gasteiger partial charge in [-0.2, -0.15) is 0 Å². The number of rotatable bonds is 5. The molecule has 112 valence electrons. The van der Waals surface area contributed by atoms with Gasteiger partial charge in [-0.25, -0.2) is 4.79 Å². The highest BCUT2D eigenvalue weighted by atomic mass is 16.5. The van der Waals surface area contributed by atoms with Gasteiger partial charge >= 0.3 is 5.97 Å². The number of nitrogens with one attached hydrogen (secondary N) is 1. The summed E-state index contributed by atoms with van der Waals surface area (Å²) in [5, 5.41) is 9.95. The maximum Gasteiger partial charge on any atom is 0.335 e. The summed E-state index contributed by atoms with van der Waals surface area (Å²) in [5.74, 6) is 0.403. The number of carboxylic acids is 1. The topological polar surface area (TPSA) is 71.5 Å². The van der Waals surface area contributed by atoms with Gasteiger partial charge in [0.1, 0.15) is 6.61 Å². The fraction of sp³-hybridized carbons (Fsp3) is 0.118. The predicted molar refractivity (Wildman–Crippen MR) is 82.6 cm³/mol. The van der Waals surface area contributed by atoms with Crippen molar-refractivity contribution in [1.29, 1.82) is 0 Å². The number of aromatic amines is 1. The van der Waals surface area contributed by atoms with Crippen LogP contribution in [0.1, 0.15) is 15.9 Å². The zero-order valence-electron chi connectivity index (χ0n) is 12.0. The van der Waals surface area contributed by atoms with Gasteiger partial charge in [-0.05, 0) is 24.3 Å². The van der Waals surface area contributed by atoms with Gasteiger partial charge in [-0.15, -0.1) is 0 Å². The van der Waals surface area contributed by atoms with Crippen molar-refractivity contribution in [3.8, 4) is 11.5 Å². The van der Waals surface area contributed by atoms with Crippen LogP contribution in [0.4, 0.5) is 0 Å². The van der Waals surface area contributed by atoms with Crippen LogP contribution in [0.3, 0.4) is 0 Å². The van der Waals surface area contributed by atoms with Crippen LogP contribution in [0, 0.1) is 0 Å². The fourth-order valence-corrected chi connectivity index (χ4v) is 2.33. The molecule has 0 amide bonds. The van der Waals surface area contributed by atoms with Crippen molar-refractivity contribution in [2.24, 2.45) is 0 Å². The van der Waals surface area contributed by atoms with Gasteiger partial charge in [-0.3, -0.25) is 0 Å². The molecular weight excluding hydrogens is 282 g/mol. The monoisotopic (exact) mass is 297 g/mol. The minimum atomic E-state index is -0.941. The van der Waals surface area contributed by atoms with Gasteiger partial charge in [0, 0.05) is 22.7 Å². The molecule has 3 rings (SSSR count). The molecule has 0 aliphatic rings. The van der Waals surface area contributed by atoms with Crippen molar-refractivity contribution in [2.75, 3.05) is 7.11 Å². The summed E-state index contributed by atoms with van der Waals surface area (Å²) >= 11 is 0. The van der Waals surface area contributed by atoms with E-state index >= 15 is 0 Å². The van der Waals surface area contributed by atoms with E-state index in [0.717, 1.165) is 16.5 Å². The van der Waals surface area contributed by atoms with E-state index in [4.69, 9.17) is 14.6 Å². The average molecular weight is 297 g/mol. The summed E-state index contributed by atoms with van der Waals surface area (Å²) in [7, 11) is 1.60. The first-order chi connectivity index (χ1) is 10.7. The minimum Gasteiger partial charge on any atom is -0.493 e. The number of hydrogen-bond acceptors (Lipinski definition) is 3. The number of H-pyrrole nitrogens is 1. The third kappa shape index (κ3) is 2.61. The van der Waals surface area contributed by atoms with Gasteiger partial charge in [0.05, 0.1) is 12.7 Å². The van der Waals surface area contributed by atoms with Crippen LogP contribution < -0.4 is 9.47 Å². The molecule has 5 heteroatoms. The zero-order chi connectivity index (χ0) is 15.5. The Morgan fingerprint density at radius 1 is 1.18 bits per heavy atom. The first-order valence-electron chi connectivity index (χ1n) is 6.78. The lowest BCUT2D eigenvalue weighted by molar-refractivity contribution is 0.0697. The first kappa shape index (κ1) is 14.0. The molecule has 5 nitrogen and oxygen atoms in total. The molecule has 0 fully saturated rings. The molecule has 0 radical (unpaired) electrons. The fourth-order valence-electron chi connectivity index (χ4n) is 2.33. The molecular formula is C17H15NO4. The minimum absolute atomic E-state index is 0.256. The lowest BCUT2D eigenvalue weighted by atomic mass is 10.1. The second kappa shape index (κ2) is 5.81. The Kier molecular flexibility index (Phi) is 3.70. The molecule has 0 atom stereocenters. The highest BCUT2D eigenvalue weighted by Gasteiger charge is 2.09. The number of ether oxygens (including phenoxy) is 2. The number of aromatic carboxylic acids is 1. The summed E-state index contributed by atoms with van der Waals surface area (Å²) < 4.78 is 11.0. The normalized spacial score (nSPS) is 10.6. The van der Waals surface area contributed by atoms with Crippen molar-refractivity contribution in [3.63, 3.8) is 0 Å². The van der Waals surface area contributed by atoms with Crippen LogP contribution in [0.2, 0.25) is 0 Å². The number of carbonyl (C=O) groups is 1. The Bertz CT molecular complexity index is 822. The molecule has 2 aromatic carbocycles. The third-order valence-electron chi connectivity index (χ3n) is 3.47. The summed E-state index contributed by atoms with van der Waals surface area (Å²) in [6, 6.07) is 12.4. The molecule has 0 spiro atoms. The van der Waals surface area contributed by atoms with E-state index in [2.05, 4.69) is 4.98 Å². The van der Waals surface area contributed by atoms with Crippen molar-refractivity contribution in [3.05, 3.63) is 59.8 Å². The molecule has 0 saturated heterocycles. The zero-order valence-corrected chi connectivity index (χ0v) is 12.0. The molecule has 22 heavy (non-hydrogen) atoms.